The number of halogens is 1. The van der Waals surface area contributed by atoms with E-state index in [1.165, 1.54) is 16.8 Å². The molecular weight excluding hydrogens is 244 g/mol. The third-order valence-electron chi connectivity index (χ3n) is 2.20. The van der Waals surface area contributed by atoms with Gasteiger partial charge in [-0.2, -0.15) is 0 Å². The van der Waals surface area contributed by atoms with Crippen molar-refractivity contribution < 1.29 is 4.92 Å². The van der Waals surface area contributed by atoms with Gasteiger partial charge in [0.1, 0.15) is 0 Å². The van der Waals surface area contributed by atoms with Crippen LogP contribution in [0, 0.1) is 10.1 Å². The Hall–Kier alpha value is -1.95. The molecule has 0 aliphatic carbocycles. The molecule has 0 aliphatic rings. The molecule has 0 N–H and O–H groups in total. The first-order chi connectivity index (χ1) is 8.20. The first-order valence-electron chi connectivity index (χ1n) is 4.93. The minimum atomic E-state index is -0.444. The third kappa shape index (κ3) is 2.59. The molecule has 88 valence electrons. The standard InChI is InChI=1S/C10H9ClN4O2/c11-5-4-8-7-14(13-12-8)9-2-1-3-10(6-9)15(16)17/h1-3,6-7H,4-5H2. The maximum absolute atomic E-state index is 10.6. The van der Waals surface area contributed by atoms with E-state index >= 15 is 0 Å². The molecule has 6 nitrogen and oxygen atoms in total. The molecule has 2 rings (SSSR count). The Balaban J connectivity index is 2.32. The number of aryl methyl sites for hydroxylation is 1. The van der Waals surface area contributed by atoms with Gasteiger partial charge in [-0.15, -0.1) is 16.7 Å². The second-order valence-electron chi connectivity index (χ2n) is 3.37. The van der Waals surface area contributed by atoms with Crippen LogP contribution in [0.1, 0.15) is 5.69 Å². The summed E-state index contributed by atoms with van der Waals surface area (Å²) in [5.41, 5.74) is 1.39. The number of hydrogen-bond acceptors (Lipinski definition) is 4. The Labute approximate surface area is 102 Å². The van der Waals surface area contributed by atoms with Crippen molar-refractivity contribution in [1.29, 1.82) is 0 Å². The van der Waals surface area contributed by atoms with E-state index in [1.807, 2.05) is 0 Å². The molecule has 0 saturated carbocycles. The Morgan fingerprint density at radius 2 is 2.29 bits per heavy atom. The summed E-state index contributed by atoms with van der Waals surface area (Å²) in [5, 5.41) is 18.4. The molecule has 17 heavy (non-hydrogen) atoms. The Morgan fingerprint density at radius 1 is 1.47 bits per heavy atom. The number of non-ortho nitro benzene ring substituents is 1. The first-order valence-corrected chi connectivity index (χ1v) is 5.46. The second kappa shape index (κ2) is 4.92. The van der Waals surface area contributed by atoms with E-state index in [2.05, 4.69) is 10.3 Å². The number of hydrogen-bond donors (Lipinski definition) is 0. The van der Waals surface area contributed by atoms with Gasteiger partial charge in [0.2, 0.25) is 0 Å². The molecule has 0 radical (unpaired) electrons. The molecule has 1 aromatic heterocycles. The lowest BCUT2D eigenvalue weighted by atomic mass is 10.3. The lowest BCUT2D eigenvalue weighted by Crippen LogP contribution is -1.96. The van der Waals surface area contributed by atoms with Crippen LogP contribution in [0.2, 0.25) is 0 Å². The van der Waals surface area contributed by atoms with Crippen molar-refractivity contribution in [2.45, 2.75) is 6.42 Å². The summed E-state index contributed by atoms with van der Waals surface area (Å²) in [4.78, 5) is 10.2. The normalized spacial score (nSPS) is 10.4. The van der Waals surface area contributed by atoms with Gasteiger partial charge in [-0.25, -0.2) is 4.68 Å². The van der Waals surface area contributed by atoms with E-state index in [-0.39, 0.29) is 5.69 Å². The monoisotopic (exact) mass is 252 g/mol. The lowest BCUT2D eigenvalue weighted by molar-refractivity contribution is -0.384. The summed E-state index contributed by atoms with van der Waals surface area (Å²) >= 11 is 5.59. The molecule has 1 aromatic carbocycles. The molecule has 0 unspecified atom stereocenters. The van der Waals surface area contributed by atoms with Crippen molar-refractivity contribution in [3.63, 3.8) is 0 Å². The Bertz CT molecular complexity index is 541. The van der Waals surface area contributed by atoms with Crippen LogP contribution >= 0.6 is 11.6 Å². The van der Waals surface area contributed by atoms with Crippen molar-refractivity contribution >= 4 is 17.3 Å². The fourth-order valence-corrected chi connectivity index (χ4v) is 1.58. The van der Waals surface area contributed by atoms with Crippen molar-refractivity contribution in [2.75, 3.05) is 5.88 Å². The summed E-state index contributed by atoms with van der Waals surface area (Å²) in [7, 11) is 0. The molecule has 0 atom stereocenters. The highest BCUT2D eigenvalue weighted by Crippen LogP contribution is 2.16. The van der Waals surface area contributed by atoms with E-state index in [0.29, 0.717) is 18.0 Å². The van der Waals surface area contributed by atoms with E-state index in [1.54, 1.807) is 18.3 Å². The SMILES string of the molecule is O=[N+]([O-])c1cccc(-n2cc(CCCl)nn2)c1. The highest BCUT2D eigenvalue weighted by Gasteiger charge is 2.08. The van der Waals surface area contributed by atoms with Crippen LogP contribution < -0.4 is 0 Å². The average molecular weight is 253 g/mol. The van der Waals surface area contributed by atoms with Crippen LogP contribution in [0.5, 0.6) is 0 Å². The van der Waals surface area contributed by atoms with Gasteiger partial charge in [-0.05, 0) is 6.07 Å². The zero-order chi connectivity index (χ0) is 12.3. The van der Waals surface area contributed by atoms with Crippen LogP contribution in [-0.2, 0) is 6.42 Å². The van der Waals surface area contributed by atoms with Gasteiger partial charge in [0.15, 0.2) is 0 Å². The number of alkyl halides is 1. The predicted octanol–water partition coefficient (Wildman–Crippen LogP) is 1.96. The number of nitrogens with zero attached hydrogens (tertiary/aromatic N) is 4. The summed E-state index contributed by atoms with van der Waals surface area (Å²) in [6, 6.07) is 6.21. The van der Waals surface area contributed by atoms with Gasteiger partial charge in [-0.1, -0.05) is 11.3 Å². The third-order valence-corrected chi connectivity index (χ3v) is 2.39. The highest BCUT2D eigenvalue weighted by molar-refractivity contribution is 6.17. The molecule has 0 spiro atoms. The van der Waals surface area contributed by atoms with Crippen molar-refractivity contribution in [1.82, 2.24) is 15.0 Å². The molecule has 0 fully saturated rings. The van der Waals surface area contributed by atoms with Gasteiger partial charge >= 0.3 is 0 Å². The fourth-order valence-electron chi connectivity index (χ4n) is 1.39. The van der Waals surface area contributed by atoms with Crippen molar-refractivity contribution in [3.8, 4) is 5.69 Å². The molecular formula is C10H9ClN4O2. The topological polar surface area (TPSA) is 73.8 Å². The zero-order valence-electron chi connectivity index (χ0n) is 8.78. The summed E-state index contributed by atoms with van der Waals surface area (Å²) in [6.07, 6.45) is 2.33. The smallest absolute Gasteiger partial charge is 0.258 e. The molecule has 0 saturated heterocycles. The van der Waals surface area contributed by atoms with Crippen molar-refractivity contribution in [3.05, 3.63) is 46.3 Å². The van der Waals surface area contributed by atoms with Gasteiger partial charge in [-0.3, -0.25) is 10.1 Å². The first kappa shape index (κ1) is 11.5. The maximum atomic E-state index is 10.6. The number of nitro groups is 1. The number of benzene rings is 1. The predicted molar refractivity (Wildman–Crippen MR) is 62.4 cm³/mol. The second-order valence-corrected chi connectivity index (χ2v) is 3.75. The molecule has 0 amide bonds. The average Bonchev–Trinajstić information content (AvgIpc) is 2.78. The lowest BCUT2D eigenvalue weighted by Gasteiger charge is -1.98. The van der Waals surface area contributed by atoms with Gasteiger partial charge in [0, 0.05) is 24.4 Å². The van der Waals surface area contributed by atoms with Crippen LogP contribution in [-0.4, -0.2) is 25.8 Å². The van der Waals surface area contributed by atoms with Crippen LogP contribution in [0.25, 0.3) is 5.69 Å². The molecule has 0 aliphatic heterocycles. The Morgan fingerprint density at radius 3 is 3.00 bits per heavy atom. The van der Waals surface area contributed by atoms with Gasteiger partial charge in [0.25, 0.3) is 5.69 Å². The number of rotatable bonds is 4. The van der Waals surface area contributed by atoms with Crippen molar-refractivity contribution in [2.24, 2.45) is 0 Å². The minimum Gasteiger partial charge on any atom is -0.258 e. The van der Waals surface area contributed by atoms with Gasteiger partial charge < -0.3 is 0 Å². The number of nitro benzene ring substituents is 1. The van der Waals surface area contributed by atoms with E-state index in [9.17, 15) is 10.1 Å². The van der Waals surface area contributed by atoms with E-state index in [4.69, 9.17) is 11.6 Å². The number of aromatic nitrogens is 3. The Kier molecular flexibility index (Phi) is 3.34. The van der Waals surface area contributed by atoms with E-state index < -0.39 is 4.92 Å². The van der Waals surface area contributed by atoms with Crippen LogP contribution in [0.3, 0.4) is 0 Å². The molecule has 0 bridgehead atoms. The molecule has 1 heterocycles. The summed E-state index contributed by atoms with van der Waals surface area (Å²) < 4.78 is 1.49. The van der Waals surface area contributed by atoms with E-state index in [0.717, 1.165) is 5.69 Å². The summed E-state index contributed by atoms with van der Waals surface area (Å²) in [6.45, 7) is 0. The largest absolute Gasteiger partial charge is 0.271 e. The zero-order valence-corrected chi connectivity index (χ0v) is 9.54. The van der Waals surface area contributed by atoms with Crippen LogP contribution in [0.4, 0.5) is 5.69 Å². The molecule has 2 aromatic rings. The molecule has 7 heteroatoms. The van der Waals surface area contributed by atoms with Gasteiger partial charge in [0.05, 0.1) is 22.5 Å². The fraction of sp³-hybridized carbons (Fsp3) is 0.200. The van der Waals surface area contributed by atoms with Crippen LogP contribution in [0.15, 0.2) is 30.5 Å². The minimum absolute atomic E-state index is 0.0249. The maximum Gasteiger partial charge on any atom is 0.271 e. The summed E-state index contributed by atoms with van der Waals surface area (Å²) in [5.74, 6) is 0.466. The highest BCUT2D eigenvalue weighted by atomic mass is 35.5. The quantitative estimate of drug-likeness (QED) is 0.474.